The zero-order valence-corrected chi connectivity index (χ0v) is 8.59. The molecule has 0 amide bonds. The predicted molar refractivity (Wildman–Crippen MR) is 56.9 cm³/mol. The van der Waals surface area contributed by atoms with Gasteiger partial charge in [0.25, 0.3) is 0 Å². The summed E-state index contributed by atoms with van der Waals surface area (Å²) in [5.41, 5.74) is 6.57. The van der Waals surface area contributed by atoms with Crippen molar-refractivity contribution in [1.29, 1.82) is 0 Å². The maximum Gasteiger partial charge on any atom is 0.0451 e. The summed E-state index contributed by atoms with van der Waals surface area (Å²) < 4.78 is 0. The third kappa shape index (κ3) is 2.72. The van der Waals surface area contributed by atoms with Crippen LogP contribution in [0.4, 0.5) is 0 Å². The van der Waals surface area contributed by atoms with Crippen molar-refractivity contribution in [2.45, 2.75) is 23.8 Å². The smallest absolute Gasteiger partial charge is 0.0451 e. The summed E-state index contributed by atoms with van der Waals surface area (Å²) in [6.07, 6.45) is 0.560. The van der Waals surface area contributed by atoms with Gasteiger partial charge in [0.15, 0.2) is 0 Å². The second-order valence-electron chi connectivity index (χ2n) is 3.44. The molecule has 0 saturated heterocycles. The van der Waals surface area contributed by atoms with E-state index in [1.807, 2.05) is 31.2 Å². The van der Waals surface area contributed by atoms with E-state index < -0.39 is 5.54 Å². The summed E-state index contributed by atoms with van der Waals surface area (Å²) in [7, 11) is 0. The molecular formula is C10H15NOS. The standard InChI is InChI=1S/C10H15NOS/c1-10(11,5-6-12)8-3-2-4-9(13)7-8/h2-4,7,12-13H,5-6,11H2,1H3/t10-/m1/s1. The van der Waals surface area contributed by atoms with Gasteiger partial charge >= 0.3 is 0 Å². The van der Waals surface area contributed by atoms with E-state index in [9.17, 15) is 0 Å². The number of aliphatic hydroxyl groups excluding tert-OH is 1. The van der Waals surface area contributed by atoms with E-state index in [4.69, 9.17) is 10.8 Å². The maximum atomic E-state index is 8.83. The van der Waals surface area contributed by atoms with Crippen LogP contribution in [0.5, 0.6) is 0 Å². The number of benzene rings is 1. The third-order valence-electron chi connectivity index (χ3n) is 2.14. The molecule has 0 bridgehead atoms. The largest absolute Gasteiger partial charge is 0.396 e. The Morgan fingerprint density at radius 1 is 1.54 bits per heavy atom. The van der Waals surface area contributed by atoms with E-state index >= 15 is 0 Å². The quantitative estimate of drug-likeness (QED) is 0.644. The Labute approximate surface area is 84.2 Å². The molecule has 1 aromatic rings. The average Bonchev–Trinajstić information content (AvgIpc) is 2.04. The highest BCUT2D eigenvalue weighted by atomic mass is 32.1. The molecule has 0 unspecified atom stereocenters. The van der Waals surface area contributed by atoms with Gasteiger partial charge in [0, 0.05) is 17.0 Å². The number of thiol groups is 1. The Morgan fingerprint density at radius 2 is 2.23 bits per heavy atom. The number of hydrogen-bond acceptors (Lipinski definition) is 3. The zero-order valence-electron chi connectivity index (χ0n) is 7.70. The Balaban J connectivity index is 2.93. The molecule has 0 spiro atoms. The summed E-state index contributed by atoms with van der Waals surface area (Å²) in [6.45, 7) is 2.01. The Morgan fingerprint density at radius 3 is 2.77 bits per heavy atom. The highest BCUT2D eigenvalue weighted by Crippen LogP contribution is 2.22. The van der Waals surface area contributed by atoms with E-state index in [0.29, 0.717) is 6.42 Å². The van der Waals surface area contributed by atoms with Crippen LogP contribution in [0, 0.1) is 0 Å². The highest BCUT2D eigenvalue weighted by Gasteiger charge is 2.19. The number of aliphatic hydroxyl groups is 1. The minimum atomic E-state index is -0.465. The van der Waals surface area contributed by atoms with E-state index in [-0.39, 0.29) is 6.61 Å². The molecule has 1 atom stereocenters. The van der Waals surface area contributed by atoms with Gasteiger partial charge in [-0.15, -0.1) is 12.6 Å². The maximum absolute atomic E-state index is 8.83. The SMILES string of the molecule is C[C@@](N)(CCO)c1cccc(S)c1. The van der Waals surface area contributed by atoms with Gasteiger partial charge in [0.05, 0.1) is 0 Å². The second kappa shape index (κ2) is 4.13. The zero-order chi connectivity index (χ0) is 9.90. The summed E-state index contributed by atoms with van der Waals surface area (Å²) in [4.78, 5) is 0.895. The lowest BCUT2D eigenvalue weighted by atomic mass is 9.90. The first kappa shape index (κ1) is 10.6. The lowest BCUT2D eigenvalue weighted by Gasteiger charge is -2.24. The van der Waals surface area contributed by atoms with Crippen LogP contribution in [-0.4, -0.2) is 11.7 Å². The molecule has 2 nitrogen and oxygen atoms in total. The molecule has 0 fully saturated rings. The van der Waals surface area contributed by atoms with Gasteiger partial charge in [-0.3, -0.25) is 0 Å². The van der Waals surface area contributed by atoms with E-state index in [1.54, 1.807) is 0 Å². The van der Waals surface area contributed by atoms with Crippen molar-refractivity contribution in [3.05, 3.63) is 29.8 Å². The first-order valence-corrected chi connectivity index (χ1v) is 4.70. The Bertz CT molecular complexity index is 286. The number of rotatable bonds is 3. The Hall–Kier alpha value is -0.510. The van der Waals surface area contributed by atoms with Crippen molar-refractivity contribution in [2.24, 2.45) is 5.73 Å². The van der Waals surface area contributed by atoms with Crippen molar-refractivity contribution in [1.82, 2.24) is 0 Å². The summed E-state index contributed by atoms with van der Waals surface area (Å²) in [5.74, 6) is 0. The molecule has 0 aromatic heterocycles. The van der Waals surface area contributed by atoms with Crippen molar-refractivity contribution in [3.63, 3.8) is 0 Å². The van der Waals surface area contributed by atoms with Crippen LogP contribution in [0.1, 0.15) is 18.9 Å². The third-order valence-corrected chi connectivity index (χ3v) is 2.41. The van der Waals surface area contributed by atoms with Crippen LogP contribution in [0.2, 0.25) is 0 Å². The van der Waals surface area contributed by atoms with E-state index in [0.717, 1.165) is 10.5 Å². The van der Waals surface area contributed by atoms with Gasteiger partial charge in [-0.25, -0.2) is 0 Å². The molecule has 0 aliphatic heterocycles. The van der Waals surface area contributed by atoms with Gasteiger partial charge in [0.2, 0.25) is 0 Å². The lowest BCUT2D eigenvalue weighted by Crippen LogP contribution is -2.33. The number of nitrogens with two attached hydrogens (primary N) is 1. The summed E-state index contributed by atoms with van der Waals surface area (Å²) in [5, 5.41) is 8.83. The predicted octanol–water partition coefficient (Wildman–Crippen LogP) is 1.53. The van der Waals surface area contributed by atoms with Crippen molar-refractivity contribution in [2.75, 3.05) is 6.61 Å². The van der Waals surface area contributed by atoms with Crippen LogP contribution in [0.15, 0.2) is 29.2 Å². The molecule has 3 heteroatoms. The van der Waals surface area contributed by atoms with E-state index in [2.05, 4.69) is 12.6 Å². The monoisotopic (exact) mass is 197 g/mol. The van der Waals surface area contributed by atoms with Crippen molar-refractivity contribution >= 4 is 12.6 Å². The minimum absolute atomic E-state index is 0.101. The molecule has 0 aliphatic carbocycles. The fraction of sp³-hybridized carbons (Fsp3) is 0.400. The highest BCUT2D eigenvalue weighted by molar-refractivity contribution is 7.80. The van der Waals surface area contributed by atoms with Crippen LogP contribution in [0.3, 0.4) is 0 Å². The molecule has 3 N–H and O–H groups in total. The molecule has 1 rings (SSSR count). The average molecular weight is 197 g/mol. The molecule has 72 valence electrons. The molecule has 13 heavy (non-hydrogen) atoms. The molecule has 0 saturated carbocycles. The topological polar surface area (TPSA) is 46.2 Å². The van der Waals surface area contributed by atoms with E-state index in [1.165, 1.54) is 0 Å². The lowest BCUT2D eigenvalue weighted by molar-refractivity contribution is 0.247. The van der Waals surface area contributed by atoms with Gasteiger partial charge in [-0.05, 0) is 31.0 Å². The minimum Gasteiger partial charge on any atom is -0.396 e. The molecule has 0 aliphatic rings. The first-order valence-electron chi connectivity index (χ1n) is 4.25. The van der Waals surface area contributed by atoms with Gasteiger partial charge in [-0.1, -0.05) is 12.1 Å². The molecule has 1 aromatic carbocycles. The van der Waals surface area contributed by atoms with Gasteiger partial charge in [0.1, 0.15) is 0 Å². The van der Waals surface area contributed by atoms with Crippen molar-refractivity contribution < 1.29 is 5.11 Å². The second-order valence-corrected chi connectivity index (χ2v) is 3.96. The van der Waals surface area contributed by atoms with Crippen LogP contribution < -0.4 is 5.73 Å². The van der Waals surface area contributed by atoms with Gasteiger partial charge in [-0.2, -0.15) is 0 Å². The molecular weight excluding hydrogens is 182 g/mol. The molecule has 0 heterocycles. The van der Waals surface area contributed by atoms with Crippen LogP contribution in [-0.2, 0) is 5.54 Å². The fourth-order valence-electron chi connectivity index (χ4n) is 1.24. The molecule has 0 radical (unpaired) electrons. The summed E-state index contributed by atoms with van der Waals surface area (Å²) in [6, 6.07) is 7.70. The van der Waals surface area contributed by atoms with Crippen LogP contribution in [0.25, 0.3) is 0 Å². The van der Waals surface area contributed by atoms with Crippen LogP contribution >= 0.6 is 12.6 Å². The normalized spacial score (nSPS) is 15.4. The summed E-state index contributed by atoms with van der Waals surface area (Å²) >= 11 is 4.24. The Kier molecular flexibility index (Phi) is 3.36. The van der Waals surface area contributed by atoms with Crippen molar-refractivity contribution in [3.8, 4) is 0 Å². The fourth-order valence-corrected chi connectivity index (χ4v) is 1.46. The first-order chi connectivity index (χ1) is 6.06. The van der Waals surface area contributed by atoms with Gasteiger partial charge < -0.3 is 10.8 Å². The number of hydrogen-bond donors (Lipinski definition) is 3.